The average Bonchev–Trinajstić information content (AvgIpc) is 2.34. The number of hydrogen-bond donors (Lipinski definition) is 2. The van der Waals surface area contributed by atoms with Crippen molar-refractivity contribution < 1.29 is 9.90 Å². The molecule has 1 aromatic rings. The molecule has 19 heavy (non-hydrogen) atoms. The molecule has 0 heterocycles. The normalized spacial score (nSPS) is 14.6. The van der Waals surface area contributed by atoms with Crippen molar-refractivity contribution in [3.63, 3.8) is 0 Å². The van der Waals surface area contributed by atoms with Crippen LogP contribution in [0.2, 0.25) is 0 Å². The summed E-state index contributed by atoms with van der Waals surface area (Å²) in [5.41, 5.74) is 0.0393. The molecule has 0 saturated heterocycles. The van der Waals surface area contributed by atoms with Crippen LogP contribution in [0.1, 0.15) is 12.5 Å². The van der Waals surface area contributed by atoms with Gasteiger partial charge in [0.2, 0.25) is 5.91 Å². The lowest BCUT2D eigenvalue weighted by atomic mass is 10.1. The maximum Gasteiger partial charge on any atom is 0.244 e. The molecule has 0 aliphatic heterocycles. The highest BCUT2D eigenvalue weighted by atomic mass is 16.3. The highest BCUT2D eigenvalue weighted by Gasteiger charge is 2.21. The summed E-state index contributed by atoms with van der Waals surface area (Å²) < 4.78 is 0. The molecule has 0 aromatic heterocycles. The van der Waals surface area contributed by atoms with Crippen molar-refractivity contribution >= 4 is 12.0 Å². The van der Waals surface area contributed by atoms with E-state index in [1.807, 2.05) is 49.3 Å². The molecule has 2 N–H and O–H groups in total. The highest BCUT2D eigenvalue weighted by Crippen LogP contribution is 2.03. The van der Waals surface area contributed by atoms with E-state index in [-0.39, 0.29) is 12.5 Å². The number of aliphatic hydroxyl groups is 1. The third-order valence-electron chi connectivity index (χ3n) is 2.53. The summed E-state index contributed by atoms with van der Waals surface area (Å²) in [6.07, 6.45) is 3.22. The molecule has 0 radical (unpaired) electrons. The predicted octanol–water partition coefficient (Wildman–Crippen LogP) is 1.13. The van der Waals surface area contributed by atoms with E-state index in [1.165, 1.54) is 6.08 Å². The van der Waals surface area contributed by atoms with Crippen LogP contribution in [0.25, 0.3) is 6.08 Å². The van der Waals surface area contributed by atoms with Crippen LogP contribution < -0.4 is 5.32 Å². The number of amides is 1. The van der Waals surface area contributed by atoms with Crippen LogP contribution in [0.15, 0.2) is 36.4 Å². The molecule has 0 fully saturated rings. The first kappa shape index (κ1) is 15.4. The van der Waals surface area contributed by atoms with Gasteiger partial charge in [-0.2, -0.15) is 0 Å². The third-order valence-corrected chi connectivity index (χ3v) is 2.53. The first-order valence-corrected chi connectivity index (χ1v) is 6.27. The van der Waals surface area contributed by atoms with Gasteiger partial charge in [-0.1, -0.05) is 30.3 Å². The molecule has 4 nitrogen and oxygen atoms in total. The molecular weight excluding hydrogens is 240 g/mol. The van der Waals surface area contributed by atoms with Crippen LogP contribution in [0.4, 0.5) is 0 Å². The summed E-state index contributed by atoms with van der Waals surface area (Å²) in [5.74, 6) is -0.206. The Morgan fingerprint density at radius 1 is 1.37 bits per heavy atom. The molecule has 4 heteroatoms. The van der Waals surface area contributed by atoms with E-state index in [2.05, 4.69) is 5.32 Å². The second-order valence-electron chi connectivity index (χ2n) is 5.20. The fourth-order valence-electron chi connectivity index (χ4n) is 1.81. The quantitative estimate of drug-likeness (QED) is 0.756. The van der Waals surface area contributed by atoms with Crippen LogP contribution in [0.5, 0.6) is 0 Å². The van der Waals surface area contributed by atoms with Crippen molar-refractivity contribution in [2.75, 3.05) is 27.2 Å². The molecule has 1 aromatic carbocycles. The van der Waals surface area contributed by atoms with Gasteiger partial charge in [-0.15, -0.1) is 0 Å². The van der Waals surface area contributed by atoms with Gasteiger partial charge < -0.3 is 15.3 Å². The van der Waals surface area contributed by atoms with Gasteiger partial charge in [-0.05, 0) is 32.7 Å². The Morgan fingerprint density at radius 2 is 2.00 bits per heavy atom. The molecule has 0 bridgehead atoms. The molecule has 0 aliphatic rings. The summed E-state index contributed by atoms with van der Waals surface area (Å²) in [5, 5.41) is 12.7. The lowest BCUT2D eigenvalue weighted by molar-refractivity contribution is -0.117. The van der Waals surface area contributed by atoms with Crippen LogP contribution in [0.3, 0.4) is 0 Å². The number of nitrogens with one attached hydrogen (secondary N) is 1. The van der Waals surface area contributed by atoms with E-state index in [4.69, 9.17) is 0 Å². The molecule has 0 saturated carbocycles. The molecule has 104 valence electrons. The molecule has 1 rings (SSSR count). The zero-order chi connectivity index (χ0) is 14.3. The summed E-state index contributed by atoms with van der Waals surface area (Å²) in [4.78, 5) is 13.5. The van der Waals surface area contributed by atoms with Gasteiger partial charge in [0.05, 0.1) is 5.60 Å². The number of carbonyl (C=O) groups excluding carboxylic acids is 1. The lowest BCUT2D eigenvalue weighted by Gasteiger charge is -2.26. The second-order valence-corrected chi connectivity index (χ2v) is 5.20. The van der Waals surface area contributed by atoms with E-state index >= 15 is 0 Å². The number of benzene rings is 1. The Kier molecular flexibility index (Phi) is 5.73. The summed E-state index contributed by atoms with van der Waals surface area (Å²) in [7, 11) is 3.76. The minimum absolute atomic E-state index is 0.206. The van der Waals surface area contributed by atoms with Gasteiger partial charge in [0.25, 0.3) is 0 Å². The van der Waals surface area contributed by atoms with Gasteiger partial charge in [0, 0.05) is 19.2 Å². The van der Waals surface area contributed by atoms with Gasteiger partial charge in [-0.3, -0.25) is 4.79 Å². The van der Waals surface area contributed by atoms with Gasteiger partial charge in [0.15, 0.2) is 0 Å². The molecule has 1 amide bonds. The van der Waals surface area contributed by atoms with Crippen molar-refractivity contribution in [1.82, 2.24) is 10.2 Å². The Balaban J connectivity index is 2.42. The SMILES string of the molecule is CN(C)CC(C)(O)CNC(=O)/C=C/c1ccccc1. The van der Waals surface area contributed by atoms with Crippen molar-refractivity contribution in [2.45, 2.75) is 12.5 Å². The van der Waals surface area contributed by atoms with Crippen LogP contribution in [-0.4, -0.2) is 48.7 Å². The van der Waals surface area contributed by atoms with Gasteiger partial charge in [-0.25, -0.2) is 0 Å². The number of rotatable bonds is 6. The van der Waals surface area contributed by atoms with Crippen LogP contribution >= 0.6 is 0 Å². The Bertz CT molecular complexity index is 425. The van der Waals surface area contributed by atoms with Crippen molar-refractivity contribution in [3.05, 3.63) is 42.0 Å². The zero-order valence-corrected chi connectivity index (χ0v) is 11.8. The fourth-order valence-corrected chi connectivity index (χ4v) is 1.81. The standard InChI is InChI=1S/C15H22N2O2/c1-15(19,12-17(2)3)11-16-14(18)10-9-13-7-5-4-6-8-13/h4-10,19H,11-12H2,1-3H3,(H,16,18)/b10-9+. The van der Waals surface area contributed by atoms with Crippen LogP contribution in [-0.2, 0) is 4.79 Å². The Labute approximate surface area is 114 Å². The zero-order valence-electron chi connectivity index (χ0n) is 11.8. The van der Waals surface area contributed by atoms with Crippen molar-refractivity contribution in [3.8, 4) is 0 Å². The number of nitrogens with zero attached hydrogens (tertiary/aromatic N) is 1. The topological polar surface area (TPSA) is 52.6 Å². The van der Waals surface area contributed by atoms with Gasteiger partial charge >= 0.3 is 0 Å². The first-order chi connectivity index (χ1) is 8.89. The number of hydrogen-bond acceptors (Lipinski definition) is 3. The largest absolute Gasteiger partial charge is 0.387 e. The Hall–Kier alpha value is -1.65. The lowest BCUT2D eigenvalue weighted by Crippen LogP contribution is -2.46. The van der Waals surface area contributed by atoms with Crippen molar-refractivity contribution in [1.29, 1.82) is 0 Å². The Morgan fingerprint density at radius 3 is 2.58 bits per heavy atom. The molecular formula is C15H22N2O2. The van der Waals surface area contributed by atoms with E-state index in [1.54, 1.807) is 13.0 Å². The maximum absolute atomic E-state index is 11.6. The van der Waals surface area contributed by atoms with E-state index in [9.17, 15) is 9.90 Å². The summed E-state index contributed by atoms with van der Waals surface area (Å²) in [6, 6.07) is 9.60. The van der Waals surface area contributed by atoms with Crippen molar-refractivity contribution in [2.24, 2.45) is 0 Å². The van der Waals surface area contributed by atoms with E-state index in [0.717, 1.165) is 5.56 Å². The maximum atomic E-state index is 11.6. The highest BCUT2D eigenvalue weighted by molar-refractivity contribution is 5.91. The van der Waals surface area contributed by atoms with E-state index < -0.39 is 5.60 Å². The van der Waals surface area contributed by atoms with Crippen LogP contribution in [0, 0.1) is 0 Å². The third kappa shape index (κ3) is 6.74. The predicted molar refractivity (Wildman–Crippen MR) is 77.7 cm³/mol. The van der Waals surface area contributed by atoms with E-state index in [0.29, 0.717) is 6.54 Å². The van der Waals surface area contributed by atoms with Gasteiger partial charge in [0.1, 0.15) is 0 Å². The smallest absolute Gasteiger partial charge is 0.244 e. The number of carbonyl (C=O) groups is 1. The molecule has 1 atom stereocenters. The fraction of sp³-hybridized carbons (Fsp3) is 0.400. The summed E-state index contributed by atoms with van der Waals surface area (Å²) >= 11 is 0. The minimum atomic E-state index is -0.931. The molecule has 1 unspecified atom stereocenters. The summed E-state index contributed by atoms with van der Waals surface area (Å²) in [6.45, 7) is 2.42. The molecule has 0 spiro atoms. The number of likely N-dealkylation sites (N-methyl/N-ethyl adjacent to an activating group) is 1. The average molecular weight is 262 g/mol. The molecule has 0 aliphatic carbocycles. The second kappa shape index (κ2) is 7.07. The monoisotopic (exact) mass is 262 g/mol. The minimum Gasteiger partial charge on any atom is -0.387 e. The first-order valence-electron chi connectivity index (χ1n) is 6.27.